The van der Waals surface area contributed by atoms with E-state index < -0.39 is 11.8 Å². The number of carboxylic acid groups (broad SMARTS) is 1. The van der Waals surface area contributed by atoms with Crippen LogP contribution in [0.5, 0.6) is 0 Å². The predicted molar refractivity (Wildman–Crippen MR) is 69.3 cm³/mol. The van der Waals surface area contributed by atoms with Crippen molar-refractivity contribution in [1.29, 1.82) is 0 Å². The van der Waals surface area contributed by atoms with Crippen LogP contribution >= 0.6 is 0 Å². The Morgan fingerprint density at radius 1 is 1.10 bits per heavy atom. The predicted octanol–water partition coefficient (Wildman–Crippen LogP) is 2.78. The SMILES string of the molecule is O=C(O)c1nc2ccc(-c3ccc(F)cc3)cc2n1O. The van der Waals surface area contributed by atoms with Crippen LogP contribution in [0.4, 0.5) is 4.39 Å². The molecular formula is C14H9FN2O3. The number of carboxylic acids is 1. The topological polar surface area (TPSA) is 75.3 Å². The smallest absolute Gasteiger partial charge is 0.375 e. The van der Waals surface area contributed by atoms with E-state index in [2.05, 4.69) is 4.98 Å². The van der Waals surface area contributed by atoms with Gasteiger partial charge in [-0.3, -0.25) is 0 Å². The zero-order valence-corrected chi connectivity index (χ0v) is 10.1. The number of carbonyl (C=O) groups is 1. The minimum Gasteiger partial charge on any atom is -0.475 e. The quantitative estimate of drug-likeness (QED) is 0.703. The summed E-state index contributed by atoms with van der Waals surface area (Å²) in [5.74, 6) is -2.10. The minimum atomic E-state index is -1.31. The van der Waals surface area contributed by atoms with Gasteiger partial charge in [0.2, 0.25) is 0 Å². The number of imidazole rings is 1. The molecule has 3 rings (SSSR count). The van der Waals surface area contributed by atoms with Crippen LogP contribution in [0.3, 0.4) is 0 Å². The van der Waals surface area contributed by atoms with E-state index in [4.69, 9.17) is 5.11 Å². The van der Waals surface area contributed by atoms with Crippen molar-refractivity contribution >= 4 is 17.0 Å². The Hall–Kier alpha value is -2.89. The lowest BCUT2D eigenvalue weighted by Crippen LogP contribution is -2.06. The summed E-state index contributed by atoms with van der Waals surface area (Å²) in [5.41, 5.74) is 2.14. The number of nitrogens with zero attached hydrogens (tertiary/aromatic N) is 2. The maximum atomic E-state index is 12.9. The molecule has 100 valence electrons. The van der Waals surface area contributed by atoms with E-state index in [1.165, 1.54) is 12.1 Å². The van der Waals surface area contributed by atoms with Crippen LogP contribution in [0.1, 0.15) is 10.6 Å². The average molecular weight is 272 g/mol. The third-order valence-corrected chi connectivity index (χ3v) is 3.00. The Bertz CT molecular complexity index is 809. The first-order chi connectivity index (χ1) is 9.56. The Kier molecular flexibility index (Phi) is 2.64. The maximum Gasteiger partial charge on any atom is 0.375 e. The summed E-state index contributed by atoms with van der Waals surface area (Å²) in [6, 6.07) is 10.8. The molecule has 0 fully saturated rings. The molecular weight excluding hydrogens is 263 g/mol. The molecule has 0 amide bonds. The maximum absolute atomic E-state index is 12.9. The molecule has 6 heteroatoms. The van der Waals surface area contributed by atoms with Crippen molar-refractivity contribution in [3.63, 3.8) is 0 Å². The van der Waals surface area contributed by atoms with E-state index in [9.17, 15) is 14.4 Å². The summed E-state index contributed by atoms with van der Waals surface area (Å²) in [4.78, 5) is 14.7. The van der Waals surface area contributed by atoms with Gasteiger partial charge in [-0.25, -0.2) is 14.2 Å². The summed E-state index contributed by atoms with van der Waals surface area (Å²) in [6.45, 7) is 0. The van der Waals surface area contributed by atoms with Crippen LogP contribution in [0, 0.1) is 5.82 Å². The van der Waals surface area contributed by atoms with E-state index in [0.717, 1.165) is 11.1 Å². The highest BCUT2D eigenvalue weighted by molar-refractivity contribution is 5.91. The molecule has 0 bridgehead atoms. The minimum absolute atomic E-state index is 0.282. The van der Waals surface area contributed by atoms with Crippen LogP contribution in [0.15, 0.2) is 42.5 Å². The molecule has 0 radical (unpaired) electrons. The van der Waals surface area contributed by atoms with Crippen molar-refractivity contribution in [3.05, 3.63) is 54.1 Å². The van der Waals surface area contributed by atoms with Gasteiger partial charge in [0.25, 0.3) is 5.82 Å². The number of aromatic nitrogens is 2. The van der Waals surface area contributed by atoms with Crippen LogP contribution in [0.2, 0.25) is 0 Å². The Morgan fingerprint density at radius 3 is 2.40 bits per heavy atom. The molecule has 0 aliphatic heterocycles. The van der Waals surface area contributed by atoms with Crippen molar-refractivity contribution < 1.29 is 19.5 Å². The number of aromatic carboxylic acids is 1. The lowest BCUT2D eigenvalue weighted by molar-refractivity contribution is 0.0639. The fourth-order valence-corrected chi connectivity index (χ4v) is 2.02. The number of hydrogen-bond acceptors (Lipinski definition) is 3. The van der Waals surface area contributed by atoms with Crippen molar-refractivity contribution in [2.45, 2.75) is 0 Å². The Morgan fingerprint density at radius 2 is 1.75 bits per heavy atom. The van der Waals surface area contributed by atoms with E-state index in [-0.39, 0.29) is 11.3 Å². The highest BCUT2D eigenvalue weighted by atomic mass is 19.1. The van der Waals surface area contributed by atoms with Gasteiger partial charge in [-0.05, 0) is 35.4 Å². The summed E-state index contributed by atoms with van der Waals surface area (Å²) in [5, 5.41) is 18.7. The lowest BCUT2D eigenvalue weighted by Gasteiger charge is -2.02. The highest BCUT2D eigenvalue weighted by Gasteiger charge is 2.16. The van der Waals surface area contributed by atoms with Gasteiger partial charge in [0.1, 0.15) is 11.3 Å². The number of fused-ring (bicyclic) bond motifs is 1. The van der Waals surface area contributed by atoms with Gasteiger partial charge in [0.05, 0.1) is 5.52 Å². The molecule has 0 aliphatic carbocycles. The molecule has 0 unspecified atom stereocenters. The number of benzene rings is 2. The standard InChI is InChI=1S/C14H9FN2O3/c15-10-4-1-8(2-5-10)9-3-6-11-12(7-9)17(20)13(16-11)14(18)19/h1-7,20H,(H,18,19). The summed E-state index contributed by atoms with van der Waals surface area (Å²) < 4.78 is 13.4. The first-order valence-corrected chi connectivity index (χ1v) is 5.77. The molecule has 20 heavy (non-hydrogen) atoms. The molecule has 0 aliphatic rings. The molecule has 0 atom stereocenters. The Balaban J connectivity index is 2.17. The van der Waals surface area contributed by atoms with Crippen LogP contribution in [-0.2, 0) is 0 Å². The van der Waals surface area contributed by atoms with Crippen LogP contribution in [-0.4, -0.2) is 26.0 Å². The molecule has 3 aromatic rings. The Labute approximate surface area is 112 Å². The fourth-order valence-electron chi connectivity index (χ4n) is 2.02. The monoisotopic (exact) mass is 272 g/mol. The van der Waals surface area contributed by atoms with Crippen molar-refractivity contribution in [2.75, 3.05) is 0 Å². The third-order valence-electron chi connectivity index (χ3n) is 3.00. The molecule has 0 saturated heterocycles. The first-order valence-electron chi connectivity index (χ1n) is 5.77. The summed E-state index contributed by atoms with van der Waals surface area (Å²) in [7, 11) is 0. The zero-order valence-electron chi connectivity index (χ0n) is 10.1. The van der Waals surface area contributed by atoms with Gasteiger partial charge in [-0.15, -0.1) is 0 Å². The fraction of sp³-hybridized carbons (Fsp3) is 0. The number of rotatable bonds is 2. The molecule has 1 heterocycles. The average Bonchev–Trinajstić information content (AvgIpc) is 2.77. The van der Waals surface area contributed by atoms with Gasteiger partial charge in [-0.2, -0.15) is 4.73 Å². The molecule has 2 aromatic carbocycles. The lowest BCUT2D eigenvalue weighted by atomic mass is 10.1. The second-order valence-electron chi connectivity index (χ2n) is 4.26. The number of halogens is 1. The van der Waals surface area contributed by atoms with Gasteiger partial charge in [0, 0.05) is 0 Å². The summed E-state index contributed by atoms with van der Waals surface area (Å²) in [6.07, 6.45) is 0. The second-order valence-corrected chi connectivity index (χ2v) is 4.26. The van der Waals surface area contributed by atoms with Gasteiger partial charge in [0.15, 0.2) is 0 Å². The zero-order chi connectivity index (χ0) is 14.3. The number of hydrogen-bond donors (Lipinski definition) is 2. The van der Waals surface area contributed by atoms with E-state index in [1.54, 1.807) is 30.3 Å². The van der Waals surface area contributed by atoms with Crippen molar-refractivity contribution in [2.24, 2.45) is 0 Å². The molecule has 0 spiro atoms. The second kappa shape index (κ2) is 4.34. The molecule has 1 aromatic heterocycles. The molecule has 5 nitrogen and oxygen atoms in total. The van der Waals surface area contributed by atoms with E-state index in [0.29, 0.717) is 10.2 Å². The van der Waals surface area contributed by atoms with E-state index in [1.807, 2.05) is 0 Å². The van der Waals surface area contributed by atoms with Crippen LogP contribution < -0.4 is 0 Å². The normalized spacial score (nSPS) is 10.8. The van der Waals surface area contributed by atoms with Crippen LogP contribution in [0.25, 0.3) is 22.2 Å². The highest BCUT2D eigenvalue weighted by Crippen LogP contribution is 2.24. The van der Waals surface area contributed by atoms with E-state index >= 15 is 0 Å². The first kappa shape index (κ1) is 12.2. The third kappa shape index (κ3) is 1.87. The van der Waals surface area contributed by atoms with Gasteiger partial charge >= 0.3 is 5.97 Å². The van der Waals surface area contributed by atoms with Crippen molar-refractivity contribution in [1.82, 2.24) is 9.71 Å². The summed E-state index contributed by atoms with van der Waals surface area (Å²) >= 11 is 0. The van der Waals surface area contributed by atoms with Crippen molar-refractivity contribution in [3.8, 4) is 11.1 Å². The van der Waals surface area contributed by atoms with Gasteiger partial charge < -0.3 is 10.3 Å². The molecule has 2 N–H and O–H groups in total. The largest absolute Gasteiger partial charge is 0.475 e. The molecule has 0 saturated carbocycles. The van der Waals surface area contributed by atoms with Gasteiger partial charge in [-0.1, -0.05) is 18.2 Å².